The van der Waals surface area contributed by atoms with Crippen molar-refractivity contribution in [1.82, 2.24) is 5.32 Å². The van der Waals surface area contributed by atoms with E-state index in [0.29, 0.717) is 0 Å². The molecule has 3 atom stereocenters. The number of nitrogens with zero attached hydrogens (tertiary/aromatic N) is 1. The fourth-order valence-corrected chi connectivity index (χ4v) is 5.91. The Kier molecular flexibility index (Phi) is 2.90. The third kappa shape index (κ3) is 2.03. The highest BCUT2D eigenvalue weighted by Crippen LogP contribution is 2.49. The molecule has 3 aliphatic carbocycles. The molecule has 4 rings (SSSR count). The molecule has 2 bridgehead atoms. The lowest BCUT2D eigenvalue weighted by Gasteiger charge is -2.23. The van der Waals surface area contributed by atoms with Crippen molar-refractivity contribution in [2.45, 2.75) is 56.1 Å². The van der Waals surface area contributed by atoms with Crippen molar-refractivity contribution in [3.05, 3.63) is 0 Å². The molecule has 2 unspecified atom stereocenters. The van der Waals surface area contributed by atoms with Crippen LogP contribution in [0.15, 0.2) is 4.99 Å². The van der Waals surface area contributed by atoms with Gasteiger partial charge in [0.1, 0.15) is 4.75 Å². The highest BCUT2D eigenvalue weighted by Gasteiger charge is 2.47. The van der Waals surface area contributed by atoms with Crippen LogP contribution in [0.25, 0.3) is 0 Å². The number of nitrogens with one attached hydrogen (secondary N) is 1. The number of rotatable bonds is 2. The molecule has 3 fully saturated rings. The lowest BCUT2D eigenvalue weighted by Crippen LogP contribution is -2.31. The molecule has 3 saturated carbocycles. The largest absolute Gasteiger partial charge is 0.364 e. The number of hydrogen-bond acceptors (Lipinski definition) is 3. The Morgan fingerprint density at radius 2 is 2.11 bits per heavy atom. The number of hydrogen-bond donors (Lipinski definition) is 1. The Hall–Kier alpha value is -0.510. The van der Waals surface area contributed by atoms with Crippen LogP contribution in [0.3, 0.4) is 0 Å². The summed E-state index contributed by atoms with van der Waals surface area (Å²) in [7, 11) is 0. The predicted molar refractivity (Wildman–Crippen MR) is 78.2 cm³/mol. The summed E-state index contributed by atoms with van der Waals surface area (Å²) >= 11 is 1.72. The van der Waals surface area contributed by atoms with E-state index in [1.165, 1.54) is 38.5 Å². The molecule has 1 amide bonds. The maximum Gasteiger partial charge on any atom is 0.264 e. The number of amides is 1. The first-order valence-electron chi connectivity index (χ1n) is 7.81. The van der Waals surface area contributed by atoms with Crippen molar-refractivity contribution in [2.24, 2.45) is 22.7 Å². The van der Waals surface area contributed by atoms with Gasteiger partial charge in [0, 0.05) is 6.54 Å². The lowest BCUT2D eigenvalue weighted by atomic mass is 9.89. The number of thioether (sulfide) groups is 1. The molecule has 0 aromatic carbocycles. The van der Waals surface area contributed by atoms with Crippen LogP contribution in [-0.2, 0) is 4.79 Å². The summed E-state index contributed by atoms with van der Waals surface area (Å²) < 4.78 is -0.170. The zero-order valence-corrected chi connectivity index (χ0v) is 12.2. The van der Waals surface area contributed by atoms with Gasteiger partial charge in [0.2, 0.25) is 0 Å². The van der Waals surface area contributed by atoms with Crippen LogP contribution in [-0.4, -0.2) is 22.4 Å². The zero-order chi connectivity index (χ0) is 12.9. The second kappa shape index (κ2) is 4.51. The van der Waals surface area contributed by atoms with E-state index in [0.717, 1.165) is 42.3 Å². The van der Waals surface area contributed by atoms with Gasteiger partial charge >= 0.3 is 0 Å². The summed E-state index contributed by atoms with van der Waals surface area (Å²) in [5, 5.41) is 4.39. The summed E-state index contributed by atoms with van der Waals surface area (Å²) in [6.45, 7) is 1.04. The second-order valence-corrected chi connectivity index (χ2v) is 8.21. The number of carbonyl (C=O) groups is 1. The zero-order valence-electron chi connectivity index (χ0n) is 11.4. The minimum absolute atomic E-state index is 0.130. The number of fused-ring (bicyclic) bond motifs is 2. The van der Waals surface area contributed by atoms with Crippen molar-refractivity contribution in [3.63, 3.8) is 0 Å². The number of amidine groups is 1. The van der Waals surface area contributed by atoms with E-state index in [1.807, 2.05) is 0 Å². The van der Waals surface area contributed by atoms with E-state index < -0.39 is 0 Å². The average Bonchev–Trinajstić information content (AvgIpc) is 3.15. The molecule has 0 saturated heterocycles. The van der Waals surface area contributed by atoms with E-state index >= 15 is 0 Å². The molecular weight excluding hydrogens is 256 g/mol. The number of aliphatic imine (C=N–C) groups is 1. The van der Waals surface area contributed by atoms with Gasteiger partial charge in [-0.15, -0.1) is 0 Å². The first-order chi connectivity index (χ1) is 9.25. The van der Waals surface area contributed by atoms with Crippen LogP contribution in [0.1, 0.15) is 51.4 Å². The maximum absolute atomic E-state index is 12.1. The van der Waals surface area contributed by atoms with Crippen LogP contribution in [0.4, 0.5) is 0 Å². The monoisotopic (exact) mass is 278 g/mol. The molecule has 104 valence electrons. The molecule has 19 heavy (non-hydrogen) atoms. The van der Waals surface area contributed by atoms with Crippen molar-refractivity contribution in [2.75, 3.05) is 6.54 Å². The first-order valence-corrected chi connectivity index (χ1v) is 8.63. The standard InChI is InChI=1S/C15H22N2OS/c18-13-15(5-1-2-6-15)19-14(17-13)16-9-12-8-10-3-4-11(12)7-10/h10-12H,1-9H2,(H,16,17,18)/t10-,11?,12?/m1/s1. The minimum Gasteiger partial charge on any atom is -0.364 e. The van der Waals surface area contributed by atoms with E-state index in [9.17, 15) is 4.79 Å². The molecule has 4 heteroatoms. The molecule has 1 N–H and O–H groups in total. The average molecular weight is 278 g/mol. The molecule has 1 heterocycles. The quantitative estimate of drug-likeness (QED) is 0.844. The Balaban J connectivity index is 1.34. The van der Waals surface area contributed by atoms with E-state index in [4.69, 9.17) is 0 Å². The third-order valence-electron chi connectivity index (χ3n) is 5.70. The van der Waals surface area contributed by atoms with Crippen LogP contribution in [0.2, 0.25) is 0 Å². The first kappa shape index (κ1) is 12.2. The normalized spacial score (nSPS) is 39.3. The Morgan fingerprint density at radius 3 is 2.79 bits per heavy atom. The van der Waals surface area contributed by atoms with Crippen LogP contribution < -0.4 is 5.32 Å². The van der Waals surface area contributed by atoms with Gasteiger partial charge in [-0.1, -0.05) is 31.0 Å². The number of carbonyl (C=O) groups excluding carboxylic acids is 1. The van der Waals surface area contributed by atoms with Crippen molar-refractivity contribution < 1.29 is 4.79 Å². The van der Waals surface area contributed by atoms with Gasteiger partial charge in [-0.25, -0.2) is 0 Å². The Labute approximate surface area is 119 Å². The van der Waals surface area contributed by atoms with E-state index in [-0.39, 0.29) is 10.7 Å². The molecule has 3 nitrogen and oxygen atoms in total. The maximum atomic E-state index is 12.1. The van der Waals surface area contributed by atoms with Crippen LogP contribution in [0.5, 0.6) is 0 Å². The Morgan fingerprint density at radius 1 is 1.26 bits per heavy atom. The molecule has 0 aromatic rings. The highest BCUT2D eigenvalue weighted by atomic mass is 32.2. The van der Waals surface area contributed by atoms with E-state index in [2.05, 4.69) is 10.3 Å². The third-order valence-corrected chi connectivity index (χ3v) is 7.10. The van der Waals surface area contributed by atoms with Crippen molar-refractivity contribution in [3.8, 4) is 0 Å². The van der Waals surface area contributed by atoms with Gasteiger partial charge in [0.05, 0.1) is 0 Å². The van der Waals surface area contributed by atoms with Gasteiger partial charge < -0.3 is 5.32 Å². The SMILES string of the molecule is O=C1N=C(NCC2C[C@@H]3CCC2C3)SC12CCCC2. The topological polar surface area (TPSA) is 41.5 Å². The van der Waals surface area contributed by atoms with Gasteiger partial charge in [-0.3, -0.25) is 4.79 Å². The fourth-order valence-electron chi connectivity index (χ4n) is 4.63. The van der Waals surface area contributed by atoms with Crippen LogP contribution >= 0.6 is 11.8 Å². The van der Waals surface area contributed by atoms with Crippen LogP contribution in [0, 0.1) is 17.8 Å². The summed E-state index contributed by atoms with van der Waals surface area (Å²) in [5.74, 6) is 2.90. The summed E-state index contributed by atoms with van der Waals surface area (Å²) in [4.78, 5) is 16.4. The Bertz CT molecular complexity index is 428. The smallest absolute Gasteiger partial charge is 0.264 e. The van der Waals surface area contributed by atoms with Gasteiger partial charge in [0.15, 0.2) is 5.17 Å². The van der Waals surface area contributed by atoms with Crippen molar-refractivity contribution in [1.29, 1.82) is 0 Å². The molecule has 4 aliphatic rings. The molecular formula is C15H22N2OS. The van der Waals surface area contributed by atoms with Gasteiger partial charge in [0.25, 0.3) is 5.91 Å². The second-order valence-electron chi connectivity index (χ2n) is 6.84. The minimum atomic E-state index is -0.170. The fraction of sp³-hybridized carbons (Fsp3) is 0.867. The predicted octanol–water partition coefficient (Wildman–Crippen LogP) is 2.95. The summed E-state index contributed by atoms with van der Waals surface area (Å²) in [6.07, 6.45) is 10.2. The van der Waals surface area contributed by atoms with Crippen molar-refractivity contribution >= 4 is 22.8 Å². The molecule has 1 aliphatic heterocycles. The summed E-state index contributed by atoms with van der Waals surface area (Å²) in [5.41, 5.74) is 0. The van der Waals surface area contributed by atoms with Gasteiger partial charge in [-0.2, -0.15) is 4.99 Å². The molecule has 0 radical (unpaired) electrons. The molecule has 1 spiro atoms. The van der Waals surface area contributed by atoms with Gasteiger partial charge in [-0.05, 0) is 49.9 Å². The summed E-state index contributed by atoms with van der Waals surface area (Å²) in [6, 6.07) is 0. The van der Waals surface area contributed by atoms with E-state index in [1.54, 1.807) is 11.8 Å². The highest BCUT2D eigenvalue weighted by molar-refractivity contribution is 8.16. The lowest BCUT2D eigenvalue weighted by molar-refractivity contribution is -0.119. The molecule has 0 aromatic heterocycles.